The zero-order valence-electron chi connectivity index (χ0n) is 18.9. The van der Waals surface area contributed by atoms with Crippen LogP contribution >= 0.6 is 0 Å². The van der Waals surface area contributed by atoms with E-state index in [1.807, 2.05) is 40.3 Å². The second kappa shape index (κ2) is 11.1. The minimum absolute atomic E-state index is 0. The molecule has 19 heteroatoms. The van der Waals surface area contributed by atoms with Crippen LogP contribution in [0.4, 0.5) is 0 Å². The third-order valence-electron chi connectivity index (χ3n) is 4.09. The Hall–Kier alpha value is 0.781. The van der Waals surface area contributed by atoms with Gasteiger partial charge < -0.3 is 65.2 Å². The molecule has 18 N–H and O–H groups in total. The molecule has 29 heavy (non-hydrogen) atoms. The van der Waals surface area contributed by atoms with E-state index in [9.17, 15) is 0 Å². The molecular formula is C10H49N13Si6. The molecule has 178 valence electrons. The molecule has 1 saturated heterocycles. The van der Waals surface area contributed by atoms with Crippen LogP contribution in [-0.4, -0.2) is 72.5 Å². The Bertz CT molecular complexity index is 475. The lowest BCUT2D eigenvalue weighted by Crippen LogP contribution is -2.97. The van der Waals surface area contributed by atoms with Crippen molar-refractivity contribution in [3.05, 3.63) is 0 Å². The summed E-state index contributed by atoms with van der Waals surface area (Å²) in [5.41, 5.74) is 0. The van der Waals surface area contributed by atoms with Crippen LogP contribution in [0.2, 0.25) is 39.3 Å². The predicted molar refractivity (Wildman–Crippen MR) is 140 cm³/mol. The lowest BCUT2D eigenvalue weighted by molar-refractivity contribution is 0.911. The summed E-state index contributed by atoms with van der Waals surface area (Å²) in [5, 5.41) is 29.8. The fourth-order valence-electron chi connectivity index (χ4n) is 3.08. The zero-order valence-corrected chi connectivity index (χ0v) is 24.9. The summed E-state index contributed by atoms with van der Waals surface area (Å²) in [4.78, 5) is 9.74. The predicted octanol–water partition coefficient (Wildman–Crippen LogP) is -4.57. The van der Waals surface area contributed by atoms with E-state index in [1.165, 1.54) is 0 Å². The lowest BCUT2D eigenvalue weighted by Gasteiger charge is -2.49. The average molecular weight is 520 g/mol. The maximum atomic E-state index is 6.39. The second-order valence-corrected chi connectivity index (χ2v) is 29.3. The number of rotatable bonds is 5. The molecule has 0 bridgehead atoms. The van der Waals surface area contributed by atoms with Crippen molar-refractivity contribution in [2.24, 2.45) is 27.0 Å². The first-order valence-corrected chi connectivity index (χ1v) is 24.6. The first-order chi connectivity index (χ1) is 12.2. The smallest absolute Gasteiger partial charge is 0.270 e. The van der Waals surface area contributed by atoms with Crippen LogP contribution in [0.15, 0.2) is 0 Å². The number of nitrogens with one attached hydrogen (secondary N) is 8. The van der Waals surface area contributed by atoms with E-state index >= 15 is 0 Å². The van der Waals surface area contributed by atoms with Gasteiger partial charge in [-0.05, 0) is 60.4 Å². The van der Waals surface area contributed by atoms with Crippen LogP contribution in [-0.2, 0) is 0 Å². The Morgan fingerprint density at radius 2 is 1.03 bits per heavy atom. The minimum Gasteiger partial charge on any atom is -0.328 e. The molecule has 0 radical (unpaired) electrons. The fourth-order valence-corrected chi connectivity index (χ4v) is 29.9. The molecule has 0 spiro atoms. The fraction of sp³-hybridized carbons (Fsp3) is 1.00. The summed E-state index contributed by atoms with van der Waals surface area (Å²) in [5.74, 6) is 0. The van der Waals surface area contributed by atoms with Crippen LogP contribution in [0.5, 0.6) is 0 Å². The van der Waals surface area contributed by atoms with Gasteiger partial charge in [0.1, 0.15) is 0 Å². The number of hydrogen-bond acceptors (Lipinski definition) is 13. The quantitative estimate of drug-likeness (QED) is 0.154. The highest BCUT2D eigenvalue weighted by molar-refractivity contribution is 7.03. The van der Waals surface area contributed by atoms with Gasteiger partial charge in [-0.3, -0.25) is 0 Å². The molecule has 1 aliphatic heterocycles. The Morgan fingerprint density at radius 3 is 1.24 bits per heavy atom. The molecule has 0 amide bonds. The van der Waals surface area contributed by atoms with Gasteiger partial charge in [0.25, 0.3) is 51.4 Å². The van der Waals surface area contributed by atoms with Crippen LogP contribution < -0.4 is 65.2 Å². The highest BCUT2D eigenvalue weighted by atomic mass is 28.5. The Labute approximate surface area is 184 Å². The molecule has 0 aromatic carbocycles. The summed E-state index contributed by atoms with van der Waals surface area (Å²) in [6.45, 7) is 12.2. The second-order valence-electron chi connectivity index (χ2n) is 8.51. The maximum absolute atomic E-state index is 6.39. The van der Waals surface area contributed by atoms with Gasteiger partial charge in [0.15, 0.2) is 0 Å². The largest absolute Gasteiger partial charge is 0.328 e. The first kappa shape index (κ1) is 32.0. The van der Waals surface area contributed by atoms with Crippen molar-refractivity contribution in [2.75, 3.05) is 21.1 Å². The normalized spacial score (nSPS) is 37.9. The van der Waals surface area contributed by atoms with E-state index in [4.69, 9.17) is 27.0 Å². The number of nitrogens with two attached hydrogens (primary N) is 5. The van der Waals surface area contributed by atoms with E-state index in [1.54, 1.807) is 7.05 Å². The SMILES string of the molecule is C.CN[Si](C)(N)N[Si](C)(N)N.CN[Si]1(C)N[Si](C)(N)N[Si](C)(N)N[Si](C)(NC)N1. The van der Waals surface area contributed by atoms with E-state index in [0.29, 0.717) is 0 Å². The Balaban J connectivity index is 0. The van der Waals surface area contributed by atoms with Crippen LogP contribution in [0.3, 0.4) is 0 Å². The van der Waals surface area contributed by atoms with Gasteiger partial charge in [-0.15, -0.1) is 0 Å². The summed E-state index contributed by atoms with van der Waals surface area (Å²) < 4.78 is 17.4. The van der Waals surface area contributed by atoms with Crippen LogP contribution in [0.25, 0.3) is 0 Å². The van der Waals surface area contributed by atoms with Crippen LogP contribution in [0.1, 0.15) is 7.43 Å². The number of hydrogen-bond donors (Lipinski definition) is 13. The standard InChI is InChI=1S/C6H28N8Si4.C3H17N5Si2.CH4/c1-9-17(5)12-15(3,7)11-16(4,8)13-18(6,10-2)14-17;1-7-10(3,6)8-9(2,4)5;/h9-14H,7-8H2,1-6H3;7-8H,4-6H2,1-3H3;1H4. The molecule has 5 atom stereocenters. The van der Waals surface area contributed by atoms with E-state index in [0.717, 1.165) is 0 Å². The molecule has 13 nitrogen and oxygen atoms in total. The van der Waals surface area contributed by atoms with Crippen molar-refractivity contribution in [1.82, 2.24) is 38.2 Å². The summed E-state index contributed by atoms with van der Waals surface area (Å²) in [6, 6.07) is 0. The molecule has 0 saturated carbocycles. The molecule has 1 fully saturated rings. The summed E-state index contributed by atoms with van der Waals surface area (Å²) >= 11 is 0. The molecule has 0 aliphatic carbocycles. The van der Waals surface area contributed by atoms with E-state index < -0.39 is 51.4 Å². The van der Waals surface area contributed by atoms with Gasteiger partial charge in [-0.25, -0.2) is 0 Å². The monoisotopic (exact) mass is 519 g/mol. The van der Waals surface area contributed by atoms with E-state index in [2.05, 4.69) is 51.3 Å². The van der Waals surface area contributed by atoms with Crippen molar-refractivity contribution in [1.29, 1.82) is 0 Å². The topological polar surface area (TPSA) is 226 Å². The van der Waals surface area contributed by atoms with Crippen molar-refractivity contribution in [2.45, 2.75) is 46.7 Å². The first-order valence-electron chi connectivity index (χ1n) is 9.19. The molecule has 5 unspecified atom stereocenters. The van der Waals surface area contributed by atoms with Gasteiger partial charge in [-0.2, -0.15) is 0 Å². The third kappa shape index (κ3) is 13.0. The van der Waals surface area contributed by atoms with Gasteiger partial charge in [0.2, 0.25) is 0 Å². The molecular weight excluding hydrogens is 471 g/mol. The zero-order chi connectivity index (χ0) is 22.7. The van der Waals surface area contributed by atoms with Gasteiger partial charge in [0.05, 0.1) is 0 Å². The average Bonchev–Trinajstić information content (AvgIpc) is 2.41. The van der Waals surface area contributed by atoms with Crippen molar-refractivity contribution < 1.29 is 0 Å². The molecule has 1 rings (SSSR count). The van der Waals surface area contributed by atoms with Crippen molar-refractivity contribution in [3.8, 4) is 0 Å². The maximum Gasteiger partial charge on any atom is 0.270 e. The van der Waals surface area contributed by atoms with E-state index in [-0.39, 0.29) is 7.43 Å². The minimum atomic E-state index is -2.23. The molecule has 1 heterocycles. The summed E-state index contributed by atoms with van der Waals surface area (Å²) in [6.07, 6.45) is 0. The molecule has 0 aromatic heterocycles. The highest BCUT2D eigenvalue weighted by Gasteiger charge is 2.50. The van der Waals surface area contributed by atoms with Gasteiger partial charge in [0, 0.05) is 0 Å². The van der Waals surface area contributed by atoms with Crippen molar-refractivity contribution in [3.63, 3.8) is 0 Å². The Morgan fingerprint density at radius 1 is 0.690 bits per heavy atom. The van der Waals surface area contributed by atoms with Crippen LogP contribution in [0, 0.1) is 0 Å². The molecule has 0 aromatic rings. The molecule has 1 aliphatic rings. The van der Waals surface area contributed by atoms with Crippen molar-refractivity contribution >= 4 is 51.4 Å². The highest BCUT2D eigenvalue weighted by Crippen LogP contribution is 2.04. The Kier molecular flexibility index (Phi) is 12.2. The van der Waals surface area contributed by atoms with Gasteiger partial charge >= 0.3 is 0 Å². The lowest BCUT2D eigenvalue weighted by atomic mass is 11.6. The van der Waals surface area contributed by atoms with Gasteiger partial charge in [-0.1, -0.05) is 7.43 Å². The summed E-state index contributed by atoms with van der Waals surface area (Å²) in [7, 11) is -6.97. The third-order valence-corrected chi connectivity index (χ3v) is 27.7.